The number of anilines is 1. The van der Waals surface area contributed by atoms with Gasteiger partial charge in [-0.3, -0.25) is 9.59 Å². The van der Waals surface area contributed by atoms with Crippen LogP contribution in [0.2, 0.25) is 0 Å². The number of hydrogen-bond donors (Lipinski definition) is 0. The molecule has 0 saturated carbocycles. The average molecular weight is 364 g/mol. The molecule has 28 heavy (non-hydrogen) atoms. The summed E-state index contributed by atoms with van der Waals surface area (Å²) in [4.78, 5) is 27.7. The molecule has 4 nitrogen and oxygen atoms in total. The number of imide groups is 1. The molecule has 0 fully saturated rings. The number of benzene rings is 3. The van der Waals surface area contributed by atoms with Crippen LogP contribution in [0.15, 0.2) is 72.8 Å². The highest BCUT2D eigenvalue weighted by Gasteiger charge is 2.36. The number of carbonyl (C=O) groups excluding carboxylic acids is 2. The number of aryl methyl sites for hydroxylation is 1. The Morgan fingerprint density at radius 1 is 0.821 bits per heavy atom. The van der Waals surface area contributed by atoms with Crippen molar-refractivity contribution in [3.05, 3.63) is 101 Å². The molecule has 0 atom stereocenters. The monoisotopic (exact) mass is 364 g/mol. The van der Waals surface area contributed by atoms with E-state index in [1.54, 1.807) is 54.6 Å². The van der Waals surface area contributed by atoms with E-state index in [1.807, 2.05) is 31.2 Å². The van der Waals surface area contributed by atoms with Gasteiger partial charge >= 0.3 is 0 Å². The molecule has 4 rings (SSSR count). The van der Waals surface area contributed by atoms with Crippen molar-refractivity contribution in [2.75, 3.05) is 4.90 Å². The van der Waals surface area contributed by atoms with Crippen molar-refractivity contribution in [1.82, 2.24) is 0 Å². The minimum absolute atomic E-state index is 0.327. The highest BCUT2D eigenvalue weighted by Crippen LogP contribution is 2.34. The Morgan fingerprint density at radius 2 is 1.46 bits per heavy atom. The minimum Gasteiger partial charge on any atom is -0.268 e. The third kappa shape index (κ3) is 2.89. The Balaban J connectivity index is 1.90. The van der Waals surface area contributed by atoms with Crippen LogP contribution in [0.3, 0.4) is 0 Å². The van der Waals surface area contributed by atoms with Crippen molar-refractivity contribution >= 4 is 29.2 Å². The fraction of sp³-hybridized carbons (Fsp3) is 0.0417. The van der Waals surface area contributed by atoms with Crippen LogP contribution in [0.25, 0.3) is 11.6 Å². The van der Waals surface area contributed by atoms with Gasteiger partial charge in [0.15, 0.2) is 0 Å². The van der Waals surface area contributed by atoms with Crippen LogP contribution in [-0.4, -0.2) is 11.8 Å². The highest BCUT2D eigenvalue weighted by molar-refractivity contribution is 6.43. The molecule has 1 aliphatic rings. The van der Waals surface area contributed by atoms with Crippen LogP contribution < -0.4 is 4.90 Å². The van der Waals surface area contributed by atoms with Crippen molar-refractivity contribution in [2.24, 2.45) is 0 Å². The van der Waals surface area contributed by atoms with Crippen molar-refractivity contribution in [2.45, 2.75) is 6.92 Å². The SMILES string of the molecule is Cc1ccccc1N1C(=O)/C(=C\c2ccc(C#N)cc2)c2ccccc2C1=O. The number of nitrogens with zero attached hydrogens (tertiary/aromatic N) is 2. The molecule has 0 bridgehead atoms. The maximum absolute atomic E-state index is 13.4. The summed E-state index contributed by atoms with van der Waals surface area (Å²) >= 11 is 0. The summed E-state index contributed by atoms with van der Waals surface area (Å²) in [7, 11) is 0. The standard InChI is InChI=1S/C24H16N2O2/c1-16-6-2-5-9-22(16)26-23(27)20-8-4-3-7-19(20)21(24(26)28)14-17-10-12-18(15-25)13-11-17/h2-14H,1H3/b21-14-. The van der Waals surface area contributed by atoms with E-state index in [9.17, 15) is 9.59 Å². The van der Waals surface area contributed by atoms with Crippen LogP contribution in [0.1, 0.15) is 32.6 Å². The highest BCUT2D eigenvalue weighted by atomic mass is 16.2. The van der Waals surface area contributed by atoms with E-state index >= 15 is 0 Å². The number of carbonyl (C=O) groups is 2. The third-order valence-electron chi connectivity index (χ3n) is 4.79. The number of amides is 2. The van der Waals surface area contributed by atoms with Crippen molar-refractivity contribution in [1.29, 1.82) is 5.26 Å². The van der Waals surface area contributed by atoms with E-state index in [0.29, 0.717) is 28.0 Å². The maximum atomic E-state index is 13.4. The third-order valence-corrected chi connectivity index (χ3v) is 4.79. The molecule has 0 N–H and O–H groups in total. The number of nitriles is 1. The first-order valence-electron chi connectivity index (χ1n) is 8.86. The predicted molar refractivity (Wildman–Crippen MR) is 108 cm³/mol. The van der Waals surface area contributed by atoms with Gasteiger partial charge in [-0.15, -0.1) is 0 Å². The van der Waals surface area contributed by atoms with E-state index in [-0.39, 0.29) is 11.8 Å². The van der Waals surface area contributed by atoms with Crippen LogP contribution in [0.4, 0.5) is 5.69 Å². The smallest absolute Gasteiger partial charge is 0.265 e. The van der Waals surface area contributed by atoms with E-state index in [2.05, 4.69) is 6.07 Å². The van der Waals surface area contributed by atoms with Crippen molar-refractivity contribution in [3.63, 3.8) is 0 Å². The quantitative estimate of drug-likeness (QED) is 0.493. The second kappa shape index (κ2) is 6.98. The molecule has 3 aromatic carbocycles. The van der Waals surface area contributed by atoms with Gasteiger partial charge < -0.3 is 0 Å². The molecule has 3 aromatic rings. The second-order valence-electron chi connectivity index (χ2n) is 6.57. The first-order valence-corrected chi connectivity index (χ1v) is 8.86. The number of rotatable bonds is 2. The number of para-hydroxylation sites is 1. The summed E-state index contributed by atoms with van der Waals surface area (Å²) in [6.07, 6.45) is 1.76. The van der Waals surface area contributed by atoms with E-state index < -0.39 is 0 Å². The second-order valence-corrected chi connectivity index (χ2v) is 6.57. The van der Waals surface area contributed by atoms with Gasteiger partial charge in [0.2, 0.25) is 0 Å². The molecule has 1 aliphatic heterocycles. The van der Waals surface area contributed by atoms with Crippen LogP contribution in [0.5, 0.6) is 0 Å². The molecule has 0 radical (unpaired) electrons. The van der Waals surface area contributed by atoms with Crippen LogP contribution in [0, 0.1) is 18.3 Å². The van der Waals surface area contributed by atoms with Crippen molar-refractivity contribution in [3.8, 4) is 6.07 Å². The lowest BCUT2D eigenvalue weighted by molar-refractivity contribution is -0.112. The molecule has 4 heteroatoms. The molecule has 0 unspecified atom stereocenters. The first-order chi connectivity index (χ1) is 13.6. The zero-order chi connectivity index (χ0) is 19.7. The molecule has 0 spiro atoms. The first kappa shape index (κ1) is 17.4. The lowest BCUT2D eigenvalue weighted by Gasteiger charge is -2.29. The van der Waals surface area contributed by atoms with Gasteiger partial charge in [-0.1, -0.05) is 48.5 Å². The number of hydrogen-bond acceptors (Lipinski definition) is 3. The Bertz CT molecular complexity index is 1170. The van der Waals surface area contributed by atoms with Gasteiger partial charge in [0.1, 0.15) is 0 Å². The summed E-state index contributed by atoms with van der Waals surface area (Å²) in [5, 5.41) is 8.97. The molecule has 134 valence electrons. The Morgan fingerprint density at radius 3 is 2.14 bits per heavy atom. The number of fused-ring (bicyclic) bond motifs is 1. The van der Waals surface area contributed by atoms with E-state index in [1.165, 1.54) is 4.90 Å². The van der Waals surface area contributed by atoms with E-state index in [0.717, 1.165) is 11.1 Å². The molecule has 0 aromatic heterocycles. The fourth-order valence-electron chi connectivity index (χ4n) is 3.35. The van der Waals surface area contributed by atoms with E-state index in [4.69, 9.17) is 5.26 Å². The van der Waals surface area contributed by atoms with Gasteiger partial charge in [-0.05, 0) is 54.0 Å². The van der Waals surface area contributed by atoms with Crippen LogP contribution in [-0.2, 0) is 4.79 Å². The molecule has 2 amide bonds. The topological polar surface area (TPSA) is 61.2 Å². The van der Waals surface area contributed by atoms with Gasteiger partial charge in [0.05, 0.1) is 17.3 Å². The molecular weight excluding hydrogens is 348 g/mol. The lowest BCUT2D eigenvalue weighted by atomic mass is 9.91. The van der Waals surface area contributed by atoms with Gasteiger partial charge in [0.25, 0.3) is 11.8 Å². The van der Waals surface area contributed by atoms with Crippen molar-refractivity contribution < 1.29 is 9.59 Å². The summed E-state index contributed by atoms with van der Waals surface area (Å²) in [5.41, 5.74) is 4.32. The predicted octanol–water partition coefficient (Wildman–Crippen LogP) is 4.59. The zero-order valence-corrected chi connectivity index (χ0v) is 15.2. The van der Waals surface area contributed by atoms with Gasteiger partial charge in [-0.2, -0.15) is 5.26 Å². The largest absolute Gasteiger partial charge is 0.268 e. The van der Waals surface area contributed by atoms with Gasteiger partial charge in [0, 0.05) is 11.1 Å². The van der Waals surface area contributed by atoms with Crippen LogP contribution >= 0.6 is 0 Å². The normalized spacial score (nSPS) is 14.7. The molecular formula is C24H16N2O2. The van der Waals surface area contributed by atoms with Gasteiger partial charge in [-0.25, -0.2) is 4.90 Å². The fourth-order valence-corrected chi connectivity index (χ4v) is 3.35. The molecule has 0 saturated heterocycles. The minimum atomic E-state index is -0.359. The zero-order valence-electron chi connectivity index (χ0n) is 15.2. The molecule has 0 aliphatic carbocycles. The Labute approximate surface area is 163 Å². The summed E-state index contributed by atoms with van der Waals surface area (Å²) in [6, 6.07) is 23.5. The summed E-state index contributed by atoms with van der Waals surface area (Å²) < 4.78 is 0. The molecule has 1 heterocycles. The average Bonchev–Trinajstić information content (AvgIpc) is 2.73. The summed E-state index contributed by atoms with van der Waals surface area (Å²) in [6.45, 7) is 1.88. The lowest BCUT2D eigenvalue weighted by Crippen LogP contribution is -2.42. The maximum Gasteiger partial charge on any atom is 0.265 e. The Hall–Kier alpha value is -3.97. The Kier molecular flexibility index (Phi) is 4.35. The summed E-state index contributed by atoms with van der Waals surface area (Å²) in [5.74, 6) is -0.686.